The zero-order valence-corrected chi connectivity index (χ0v) is 15.7. The van der Waals surface area contributed by atoms with Crippen LogP contribution >= 0.6 is 11.6 Å². The summed E-state index contributed by atoms with van der Waals surface area (Å²) in [6.07, 6.45) is 0.262. The van der Waals surface area contributed by atoms with Crippen molar-refractivity contribution in [3.63, 3.8) is 0 Å². The third-order valence-corrected chi connectivity index (χ3v) is 4.70. The zero-order chi connectivity index (χ0) is 18.7. The van der Waals surface area contributed by atoms with Crippen molar-refractivity contribution in [2.45, 2.75) is 32.9 Å². The third-order valence-electron chi connectivity index (χ3n) is 4.35. The van der Waals surface area contributed by atoms with E-state index < -0.39 is 6.10 Å². The van der Waals surface area contributed by atoms with Crippen molar-refractivity contribution in [1.29, 1.82) is 0 Å². The fraction of sp³-hybridized carbons (Fsp3) is 0.286. The summed E-state index contributed by atoms with van der Waals surface area (Å²) in [4.78, 5) is 14.1. The Hall–Kier alpha value is -2.30. The molecule has 136 valence electrons. The molecule has 3 rings (SSSR count). The van der Waals surface area contributed by atoms with Gasteiger partial charge in [0.1, 0.15) is 5.58 Å². The SMILES string of the molecule is CCc1cc2oc(=O)cc(CN(CC(C)O)c3ccccc3)c2cc1Cl. The van der Waals surface area contributed by atoms with Crippen molar-refractivity contribution < 1.29 is 9.52 Å². The predicted molar refractivity (Wildman–Crippen MR) is 106 cm³/mol. The van der Waals surface area contributed by atoms with E-state index in [1.165, 1.54) is 6.07 Å². The van der Waals surface area contributed by atoms with E-state index in [0.717, 1.165) is 28.6 Å². The van der Waals surface area contributed by atoms with Crippen molar-refractivity contribution >= 4 is 28.3 Å². The first-order valence-corrected chi connectivity index (χ1v) is 9.09. The molecule has 1 unspecified atom stereocenters. The van der Waals surface area contributed by atoms with E-state index in [1.807, 2.05) is 54.3 Å². The Morgan fingerprint density at radius 1 is 1.15 bits per heavy atom. The Morgan fingerprint density at radius 2 is 1.88 bits per heavy atom. The monoisotopic (exact) mass is 371 g/mol. The summed E-state index contributed by atoms with van der Waals surface area (Å²) >= 11 is 6.38. The quantitative estimate of drug-likeness (QED) is 0.652. The Kier molecular flexibility index (Phi) is 5.64. The molecule has 5 heteroatoms. The van der Waals surface area contributed by atoms with E-state index in [4.69, 9.17) is 16.0 Å². The Bertz CT molecular complexity index is 951. The highest BCUT2D eigenvalue weighted by Crippen LogP contribution is 2.28. The Labute approximate surface area is 157 Å². The van der Waals surface area contributed by atoms with Crippen LogP contribution in [-0.2, 0) is 13.0 Å². The highest BCUT2D eigenvalue weighted by molar-refractivity contribution is 6.32. The van der Waals surface area contributed by atoms with Gasteiger partial charge in [-0.25, -0.2) is 4.79 Å². The lowest BCUT2D eigenvalue weighted by molar-refractivity contribution is 0.199. The lowest BCUT2D eigenvalue weighted by Crippen LogP contribution is -2.30. The zero-order valence-electron chi connectivity index (χ0n) is 14.9. The number of aliphatic hydroxyl groups is 1. The average molecular weight is 372 g/mol. The summed E-state index contributed by atoms with van der Waals surface area (Å²) in [6, 6.07) is 15.0. The van der Waals surface area contributed by atoms with Crippen LogP contribution in [0.5, 0.6) is 0 Å². The van der Waals surface area contributed by atoms with E-state index >= 15 is 0 Å². The second-order valence-corrected chi connectivity index (χ2v) is 6.86. The number of rotatable bonds is 6. The molecule has 0 aliphatic rings. The Morgan fingerprint density at radius 3 is 2.54 bits per heavy atom. The van der Waals surface area contributed by atoms with Gasteiger partial charge in [0.25, 0.3) is 0 Å². The molecule has 0 aliphatic carbocycles. The summed E-state index contributed by atoms with van der Waals surface area (Å²) in [5.74, 6) is 0. The van der Waals surface area contributed by atoms with Crippen LogP contribution in [0.15, 0.2) is 57.7 Å². The molecule has 0 spiro atoms. The number of nitrogens with zero attached hydrogens (tertiary/aromatic N) is 1. The molecule has 1 N–H and O–H groups in total. The summed E-state index contributed by atoms with van der Waals surface area (Å²) in [6.45, 7) is 4.68. The maximum atomic E-state index is 12.1. The molecule has 0 aliphatic heterocycles. The van der Waals surface area contributed by atoms with Gasteiger partial charge < -0.3 is 14.4 Å². The van der Waals surface area contributed by atoms with E-state index in [0.29, 0.717) is 23.7 Å². The normalized spacial score (nSPS) is 12.3. The van der Waals surface area contributed by atoms with Crippen LogP contribution in [-0.4, -0.2) is 17.8 Å². The molecule has 4 nitrogen and oxygen atoms in total. The highest BCUT2D eigenvalue weighted by atomic mass is 35.5. The van der Waals surface area contributed by atoms with Crippen molar-refractivity contribution in [2.75, 3.05) is 11.4 Å². The van der Waals surface area contributed by atoms with Gasteiger partial charge in [0, 0.05) is 35.3 Å². The lowest BCUT2D eigenvalue weighted by Gasteiger charge is -2.26. The van der Waals surface area contributed by atoms with Gasteiger partial charge in [0.2, 0.25) is 0 Å². The van der Waals surface area contributed by atoms with Gasteiger partial charge in [0.05, 0.1) is 6.10 Å². The number of hydrogen-bond donors (Lipinski definition) is 1. The fourth-order valence-electron chi connectivity index (χ4n) is 3.12. The van der Waals surface area contributed by atoms with Crippen LogP contribution in [0, 0.1) is 0 Å². The molecule has 26 heavy (non-hydrogen) atoms. The van der Waals surface area contributed by atoms with Gasteiger partial charge in [0.15, 0.2) is 0 Å². The van der Waals surface area contributed by atoms with Gasteiger partial charge in [-0.15, -0.1) is 0 Å². The number of anilines is 1. The first-order chi connectivity index (χ1) is 12.5. The predicted octanol–water partition coefficient (Wildman–Crippen LogP) is 4.40. The second-order valence-electron chi connectivity index (χ2n) is 6.45. The molecule has 1 atom stereocenters. The molecule has 2 aromatic carbocycles. The molecular formula is C21H22ClNO3. The minimum Gasteiger partial charge on any atom is -0.423 e. The van der Waals surface area contributed by atoms with Crippen LogP contribution in [0.4, 0.5) is 5.69 Å². The first kappa shape index (κ1) is 18.5. The number of fused-ring (bicyclic) bond motifs is 1. The van der Waals surface area contributed by atoms with Crippen LogP contribution in [0.2, 0.25) is 5.02 Å². The van der Waals surface area contributed by atoms with Crippen molar-refractivity contribution in [3.8, 4) is 0 Å². The summed E-state index contributed by atoms with van der Waals surface area (Å²) in [5, 5.41) is 11.4. The number of para-hydroxylation sites is 1. The van der Waals surface area contributed by atoms with E-state index in [1.54, 1.807) is 6.92 Å². The van der Waals surface area contributed by atoms with Crippen LogP contribution in [0.25, 0.3) is 11.0 Å². The van der Waals surface area contributed by atoms with E-state index in [-0.39, 0.29) is 5.63 Å². The van der Waals surface area contributed by atoms with Crippen molar-refractivity contribution in [2.24, 2.45) is 0 Å². The van der Waals surface area contributed by atoms with Gasteiger partial charge in [-0.1, -0.05) is 36.7 Å². The standard InChI is InChI=1S/C21H22ClNO3/c1-3-15-9-20-18(11-19(15)22)16(10-21(25)26-20)13-23(12-14(2)24)17-7-5-4-6-8-17/h4-11,14,24H,3,12-13H2,1-2H3. The maximum Gasteiger partial charge on any atom is 0.336 e. The molecule has 0 saturated carbocycles. The minimum absolute atomic E-state index is 0.387. The van der Waals surface area contributed by atoms with E-state index in [9.17, 15) is 9.90 Å². The summed E-state index contributed by atoms with van der Waals surface area (Å²) in [7, 11) is 0. The molecule has 0 amide bonds. The average Bonchev–Trinajstić information content (AvgIpc) is 2.61. The first-order valence-electron chi connectivity index (χ1n) is 8.71. The third kappa shape index (κ3) is 4.09. The smallest absolute Gasteiger partial charge is 0.336 e. The minimum atomic E-state index is -0.503. The molecular weight excluding hydrogens is 350 g/mol. The molecule has 0 bridgehead atoms. The molecule has 1 aromatic heterocycles. The summed E-state index contributed by atoms with van der Waals surface area (Å²) < 4.78 is 5.39. The van der Waals surface area contributed by atoms with Gasteiger partial charge in [-0.05, 0) is 48.7 Å². The number of halogens is 1. The second kappa shape index (κ2) is 7.94. The molecule has 1 heterocycles. The maximum absolute atomic E-state index is 12.1. The van der Waals surface area contributed by atoms with Gasteiger partial charge in [-0.3, -0.25) is 0 Å². The molecule has 0 saturated heterocycles. The number of aliphatic hydroxyl groups excluding tert-OH is 1. The number of benzene rings is 2. The van der Waals surface area contributed by atoms with Crippen molar-refractivity contribution in [3.05, 3.63) is 75.1 Å². The molecule has 0 radical (unpaired) electrons. The lowest BCUT2D eigenvalue weighted by atomic mass is 10.1. The number of hydrogen-bond acceptors (Lipinski definition) is 4. The van der Waals surface area contributed by atoms with Crippen LogP contribution in [0.1, 0.15) is 25.0 Å². The van der Waals surface area contributed by atoms with Gasteiger partial charge >= 0.3 is 5.63 Å². The molecule has 3 aromatic rings. The molecule has 0 fully saturated rings. The van der Waals surface area contributed by atoms with Gasteiger partial charge in [-0.2, -0.15) is 0 Å². The van der Waals surface area contributed by atoms with Crippen LogP contribution < -0.4 is 10.5 Å². The van der Waals surface area contributed by atoms with E-state index in [2.05, 4.69) is 0 Å². The Balaban J connectivity index is 2.08. The van der Waals surface area contributed by atoms with Crippen molar-refractivity contribution in [1.82, 2.24) is 0 Å². The summed E-state index contributed by atoms with van der Waals surface area (Å²) in [5.41, 5.74) is 2.90. The van der Waals surface area contributed by atoms with Crippen LogP contribution in [0.3, 0.4) is 0 Å². The number of aryl methyl sites for hydroxylation is 1. The largest absolute Gasteiger partial charge is 0.423 e. The highest BCUT2D eigenvalue weighted by Gasteiger charge is 2.15. The topological polar surface area (TPSA) is 53.7 Å². The fourth-order valence-corrected chi connectivity index (χ4v) is 3.41.